The van der Waals surface area contributed by atoms with Gasteiger partial charge in [0.2, 0.25) is 0 Å². The highest BCUT2D eigenvalue weighted by atomic mass is 32.1. The highest BCUT2D eigenvalue weighted by Crippen LogP contribution is 2.13. The van der Waals surface area contributed by atoms with Crippen molar-refractivity contribution in [2.45, 2.75) is 19.8 Å². The van der Waals surface area contributed by atoms with Crippen molar-refractivity contribution in [1.82, 2.24) is 9.88 Å². The summed E-state index contributed by atoms with van der Waals surface area (Å²) in [5.74, 6) is 0. The summed E-state index contributed by atoms with van der Waals surface area (Å²) in [5, 5.41) is 0. The van der Waals surface area contributed by atoms with Gasteiger partial charge in [0.05, 0.1) is 11.2 Å². The number of rotatable bonds is 8. The summed E-state index contributed by atoms with van der Waals surface area (Å²) >= 11 is 1.76. The molecule has 0 unspecified atom stereocenters. The van der Waals surface area contributed by atoms with Crippen LogP contribution in [0.5, 0.6) is 0 Å². The lowest BCUT2D eigenvalue weighted by atomic mass is 10.1. The minimum absolute atomic E-state index is 0.719. The van der Waals surface area contributed by atoms with Crippen LogP contribution >= 0.6 is 11.3 Å². The SMILES string of the molecule is Cc1ncsc1CCN(CCN)CCc1ccccc1. The molecule has 0 spiro atoms. The lowest BCUT2D eigenvalue weighted by molar-refractivity contribution is 0.288. The summed E-state index contributed by atoms with van der Waals surface area (Å²) < 4.78 is 0. The first-order valence-electron chi connectivity index (χ1n) is 7.15. The molecule has 1 aromatic carbocycles. The molecule has 2 N–H and O–H groups in total. The number of benzene rings is 1. The minimum Gasteiger partial charge on any atom is -0.329 e. The van der Waals surface area contributed by atoms with Gasteiger partial charge < -0.3 is 10.6 Å². The first-order chi connectivity index (χ1) is 9.79. The first kappa shape index (κ1) is 15.2. The Morgan fingerprint density at radius 3 is 2.50 bits per heavy atom. The van der Waals surface area contributed by atoms with Crippen LogP contribution in [0.3, 0.4) is 0 Å². The van der Waals surface area contributed by atoms with E-state index in [1.807, 2.05) is 5.51 Å². The maximum atomic E-state index is 5.73. The number of thiazole rings is 1. The molecule has 108 valence electrons. The molecule has 0 saturated carbocycles. The lowest BCUT2D eigenvalue weighted by Crippen LogP contribution is -2.33. The largest absolute Gasteiger partial charge is 0.329 e. The zero-order valence-corrected chi connectivity index (χ0v) is 12.9. The van der Waals surface area contributed by atoms with Crippen LogP contribution in [-0.2, 0) is 12.8 Å². The van der Waals surface area contributed by atoms with Crippen LogP contribution in [0.25, 0.3) is 0 Å². The number of nitrogens with zero attached hydrogens (tertiary/aromatic N) is 2. The van der Waals surface area contributed by atoms with Crippen molar-refractivity contribution in [3.8, 4) is 0 Å². The van der Waals surface area contributed by atoms with Gasteiger partial charge in [-0.3, -0.25) is 0 Å². The Hall–Kier alpha value is -1.23. The van der Waals surface area contributed by atoms with Gasteiger partial charge in [0, 0.05) is 31.1 Å². The fraction of sp³-hybridized carbons (Fsp3) is 0.438. The van der Waals surface area contributed by atoms with Crippen molar-refractivity contribution in [2.75, 3.05) is 26.2 Å². The van der Waals surface area contributed by atoms with E-state index in [1.54, 1.807) is 11.3 Å². The quantitative estimate of drug-likeness (QED) is 0.812. The Labute approximate surface area is 125 Å². The van der Waals surface area contributed by atoms with Gasteiger partial charge in [0.25, 0.3) is 0 Å². The first-order valence-corrected chi connectivity index (χ1v) is 8.03. The maximum absolute atomic E-state index is 5.73. The van der Waals surface area contributed by atoms with Gasteiger partial charge in [0.1, 0.15) is 0 Å². The second kappa shape index (κ2) is 8.15. The molecule has 0 bridgehead atoms. The Balaban J connectivity index is 1.82. The molecule has 0 aliphatic heterocycles. The molecular weight excluding hydrogens is 266 g/mol. The Morgan fingerprint density at radius 1 is 1.10 bits per heavy atom. The van der Waals surface area contributed by atoms with Crippen molar-refractivity contribution in [2.24, 2.45) is 5.73 Å². The molecule has 1 aromatic heterocycles. The molecule has 0 aliphatic carbocycles. The summed E-state index contributed by atoms with van der Waals surface area (Å²) in [5.41, 5.74) is 10.2. The number of aromatic nitrogens is 1. The molecule has 0 fully saturated rings. The fourth-order valence-electron chi connectivity index (χ4n) is 2.28. The smallest absolute Gasteiger partial charge is 0.0797 e. The summed E-state index contributed by atoms with van der Waals surface area (Å²) in [6.45, 7) is 5.90. The number of nitrogens with two attached hydrogens (primary N) is 1. The second-order valence-corrected chi connectivity index (χ2v) is 5.92. The Bertz CT molecular complexity index is 495. The van der Waals surface area contributed by atoms with Gasteiger partial charge in [-0.1, -0.05) is 30.3 Å². The lowest BCUT2D eigenvalue weighted by Gasteiger charge is -2.21. The van der Waals surface area contributed by atoms with Crippen LogP contribution in [0, 0.1) is 6.92 Å². The van der Waals surface area contributed by atoms with Crippen molar-refractivity contribution in [1.29, 1.82) is 0 Å². The minimum atomic E-state index is 0.719. The van der Waals surface area contributed by atoms with Crippen LogP contribution in [0.2, 0.25) is 0 Å². The van der Waals surface area contributed by atoms with Crippen molar-refractivity contribution < 1.29 is 0 Å². The van der Waals surface area contributed by atoms with Crippen molar-refractivity contribution in [3.63, 3.8) is 0 Å². The molecule has 0 saturated heterocycles. The number of hydrogen-bond acceptors (Lipinski definition) is 4. The zero-order chi connectivity index (χ0) is 14.2. The summed E-state index contributed by atoms with van der Waals surface area (Å²) in [6.07, 6.45) is 2.16. The maximum Gasteiger partial charge on any atom is 0.0797 e. The van der Waals surface area contributed by atoms with Gasteiger partial charge in [0.15, 0.2) is 0 Å². The van der Waals surface area contributed by atoms with Crippen LogP contribution in [0.4, 0.5) is 0 Å². The molecule has 0 atom stereocenters. The third-order valence-corrected chi connectivity index (χ3v) is 4.50. The molecule has 4 heteroatoms. The van der Waals surface area contributed by atoms with E-state index in [9.17, 15) is 0 Å². The number of aryl methyl sites for hydroxylation is 1. The van der Waals surface area contributed by atoms with Gasteiger partial charge in [-0.05, 0) is 25.3 Å². The van der Waals surface area contributed by atoms with Crippen LogP contribution in [0.15, 0.2) is 35.8 Å². The van der Waals surface area contributed by atoms with E-state index in [2.05, 4.69) is 47.1 Å². The third kappa shape index (κ3) is 4.71. The molecule has 2 rings (SSSR count). The van der Waals surface area contributed by atoms with Gasteiger partial charge in [-0.25, -0.2) is 4.98 Å². The van der Waals surface area contributed by atoms with E-state index in [1.165, 1.54) is 16.1 Å². The molecule has 20 heavy (non-hydrogen) atoms. The van der Waals surface area contributed by atoms with E-state index >= 15 is 0 Å². The molecular formula is C16H23N3S. The van der Waals surface area contributed by atoms with E-state index in [-0.39, 0.29) is 0 Å². The monoisotopic (exact) mass is 289 g/mol. The highest BCUT2D eigenvalue weighted by Gasteiger charge is 2.07. The van der Waals surface area contributed by atoms with E-state index < -0.39 is 0 Å². The zero-order valence-electron chi connectivity index (χ0n) is 12.1. The van der Waals surface area contributed by atoms with Gasteiger partial charge in [-0.15, -0.1) is 11.3 Å². The fourth-order valence-corrected chi connectivity index (χ4v) is 3.05. The van der Waals surface area contributed by atoms with E-state index in [0.29, 0.717) is 0 Å². The predicted molar refractivity (Wildman–Crippen MR) is 86.2 cm³/mol. The summed E-state index contributed by atoms with van der Waals surface area (Å²) in [7, 11) is 0. The van der Waals surface area contributed by atoms with Crippen LogP contribution in [0.1, 0.15) is 16.1 Å². The average Bonchev–Trinajstić information content (AvgIpc) is 2.88. The van der Waals surface area contributed by atoms with Gasteiger partial charge >= 0.3 is 0 Å². The molecule has 1 heterocycles. The van der Waals surface area contributed by atoms with Gasteiger partial charge in [-0.2, -0.15) is 0 Å². The average molecular weight is 289 g/mol. The number of hydrogen-bond donors (Lipinski definition) is 1. The van der Waals surface area contributed by atoms with Crippen LogP contribution in [-0.4, -0.2) is 36.1 Å². The standard InChI is InChI=1S/C16H23N3S/c1-14-16(20-13-18-14)8-11-19(12-9-17)10-7-15-5-3-2-4-6-15/h2-6,13H,7-12,17H2,1H3. The van der Waals surface area contributed by atoms with E-state index in [0.717, 1.165) is 39.0 Å². The Kier molecular flexibility index (Phi) is 6.18. The highest BCUT2D eigenvalue weighted by molar-refractivity contribution is 7.09. The Morgan fingerprint density at radius 2 is 1.85 bits per heavy atom. The van der Waals surface area contributed by atoms with Crippen LogP contribution < -0.4 is 5.73 Å². The van der Waals surface area contributed by atoms with Crippen molar-refractivity contribution >= 4 is 11.3 Å². The topological polar surface area (TPSA) is 42.2 Å². The normalized spacial score (nSPS) is 11.2. The molecule has 2 aromatic rings. The second-order valence-electron chi connectivity index (χ2n) is 4.98. The summed E-state index contributed by atoms with van der Waals surface area (Å²) in [6, 6.07) is 10.6. The molecule has 3 nitrogen and oxygen atoms in total. The van der Waals surface area contributed by atoms with E-state index in [4.69, 9.17) is 5.73 Å². The predicted octanol–water partition coefficient (Wildman–Crippen LogP) is 2.50. The summed E-state index contributed by atoms with van der Waals surface area (Å²) in [4.78, 5) is 8.16. The van der Waals surface area contributed by atoms with Crippen molar-refractivity contribution in [3.05, 3.63) is 52.0 Å². The molecule has 0 radical (unpaired) electrons. The third-order valence-electron chi connectivity index (χ3n) is 3.50. The molecule has 0 aliphatic rings. The molecule has 0 amide bonds.